The summed E-state index contributed by atoms with van der Waals surface area (Å²) in [6, 6.07) is 13.2. The highest BCUT2D eigenvalue weighted by atomic mass is 35.5. The molecule has 4 heteroatoms. The molecule has 0 aromatic heterocycles. The second kappa shape index (κ2) is 6.51. The maximum atomic E-state index is 6.43. The molecule has 0 spiro atoms. The molecule has 0 fully saturated rings. The van der Waals surface area contributed by atoms with E-state index in [9.17, 15) is 0 Å². The molecule has 0 saturated carbocycles. The maximum Gasteiger partial charge on any atom is 0.120 e. The molecule has 0 amide bonds. The molecule has 2 rings (SSSR count). The Bertz CT molecular complexity index is 569. The highest BCUT2D eigenvalue weighted by molar-refractivity contribution is 6.33. The van der Waals surface area contributed by atoms with Crippen LogP contribution in [0.4, 0.5) is 0 Å². The fourth-order valence-electron chi connectivity index (χ4n) is 1.87. The second-order valence-corrected chi connectivity index (χ2v) is 5.56. The summed E-state index contributed by atoms with van der Waals surface area (Å²) >= 11 is 18.6. The molecule has 0 heterocycles. The van der Waals surface area contributed by atoms with E-state index in [1.54, 1.807) is 13.2 Å². The van der Waals surface area contributed by atoms with Crippen molar-refractivity contribution >= 4 is 34.8 Å². The molecular weight excluding hydrogens is 303 g/mol. The van der Waals surface area contributed by atoms with Crippen molar-refractivity contribution in [1.82, 2.24) is 0 Å². The summed E-state index contributed by atoms with van der Waals surface area (Å²) in [5.74, 6) is 0.723. The number of hydrogen-bond donors (Lipinski definition) is 0. The van der Waals surface area contributed by atoms with Gasteiger partial charge in [-0.05, 0) is 41.8 Å². The van der Waals surface area contributed by atoms with Gasteiger partial charge in [0, 0.05) is 10.0 Å². The van der Waals surface area contributed by atoms with Gasteiger partial charge in [-0.1, -0.05) is 41.4 Å². The van der Waals surface area contributed by atoms with Crippen LogP contribution >= 0.6 is 34.8 Å². The topological polar surface area (TPSA) is 9.23 Å². The van der Waals surface area contributed by atoms with Crippen molar-refractivity contribution in [1.29, 1.82) is 0 Å². The minimum atomic E-state index is -0.197. The van der Waals surface area contributed by atoms with E-state index in [0.29, 0.717) is 16.5 Å². The predicted octanol–water partition coefficient (Wildman–Crippen LogP) is 5.52. The molecule has 0 bridgehead atoms. The molecular formula is C15H13Cl3O. The molecule has 19 heavy (non-hydrogen) atoms. The summed E-state index contributed by atoms with van der Waals surface area (Å²) in [6.07, 6.45) is 0.675. The summed E-state index contributed by atoms with van der Waals surface area (Å²) < 4.78 is 5.12. The van der Waals surface area contributed by atoms with Crippen molar-refractivity contribution in [3.63, 3.8) is 0 Å². The number of methoxy groups -OCH3 is 1. The maximum absolute atomic E-state index is 6.43. The van der Waals surface area contributed by atoms with E-state index >= 15 is 0 Å². The number of benzene rings is 2. The Morgan fingerprint density at radius 3 is 2.53 bits per heavy atom. The lowest BCUT2D eigenvalue weighted by Crippen LogP contribution is -1.97. The van der Waals surface area contributed by atoms with E-state index in [1.807, 2.05) is 36.4 Å². The van der Waals surface area contributed by atoms with Crippen molar-refractivity contribution in [3.8, 4) is 5.75 Å². The molecule has 2 aromatic carbocycles. The number of alkyl halides is 1. The van der Waals surface area contributed by atoms with E-state index in [1.165, 1.54) is 0 Å². The Kier molecular flexibility index (Phi) is 4.98. The van der Waals surface area contributed by atoms with E-state index < -0.39 is 0 Å². The first-order valence-electron chi connectivity index (χ1n) is 5.82. The van der Waals surface area contributed by atoms with Crippen molar-refractivity contribution < 1.29 is 4.74 Å². The smallest absolute Gasteiger partial charge is 0.120 e. The molecule has 0 radical (unpaired) electrons. The summed E-state index contributed by atoms with van der Waals surface area (Å²) in [5.41, 5.74) is 1.98. The second-order valence-electron chi connectivity index (χ2n) is 4.19. The van der Waals surface area contributed by atoms with E-state index in [-0.39, 0.29) is 5.38 Å². The van der Waals surface area contributed by atoms with Crippen LogP contribution in [-0.2, 0) is 6.42 Å². The molecule has 2 aromatic rings. The average Bonchev–Trinajstić information content (AvgIpc) is 2.38. The van der Waals surface area contributed by atoms with E-state index in [0.717, 1.165) is 16.9 Å². The average molecular weight is 316 g/mol. The van der Waals surface area contributed by atoms with Crippen LogP contribution in [0.5, 0.6) is 5.75 Å². The molecule has 0 saturated heterocycles. The van der Waals surface area contributed by atoms with Gasteiger partial charge < -0.3 is 4.74 Å². The Balaban J connectivity index is 2.18. The van der Waals surface area contributed by atoms with Gasteiger partial charge in [0.1, 0.15) is 5.75 Å². The molecule has 0 aliphatic carbocycles. The quantitative estimate of drug-likeness (QED) is 0.675. The first-order chi connectivity index (χ1) is 9.10. The van der Waals surface area contributed by atoms with Crippen molar-refractivity contribution in [2.45, 2.75) is 11.8 Å². The largest absolute Gasteiger partial charge is 0.497 e. The van der Waals surface area contributed by atoms with E-state index in [2.05, 4.69) is 0 Å². The zero-order valence-electron chi connectivity index (χ0n) is 10.4. The fraction of sp³-hybridized carbons (Fsp3) is 0.200. The third kappa shape index (κ3) is 3.79. The molecule has 1 atom stereocenters. The molecule has 1 nitrogen and oxygen atoms in total. The van der Waals surface area contributed by atoms with Crippen LogP contribution in [0.3, 0.4) is 0 Å². The molecule has 0 aliphatic heterocycles. The zero-order valence-corrected chi connectivity index (χ0v) is 12.6. The Morgan fingerprint density at radius 1 is 1.11 bits per heavy atom. The van der Waals surface area contributed by atoms with Crippen LogP contribution in [0.2, 0.25) is 10.0 Å². The van der Waals surface area contributed by atoms with Gasteiger partial charge in [-0.25, -0.2) is 0 Å². The van der Waals surface area contributed by atoms with Crippen molar-refractivity contribution in [2.75, 3.05) is 7.11 Å². The standard InChI is InChI=1S/C15H13Cl3O/c1-19-12-5-6-13(15(18)9-12)14(17)8-10-3-2-4-11(16)7-10/h2-7,9,14H,8H2,1H3. The highest BCUT2D eigenvalue weighted by Gasteiger charge is 2.13. The number of halogens is 3. The van der Waals surface area contributed by atoms with Gasteiger partial charge in [-0.2, -0.15) is 0 Å². The SMILES string of the molecule is COc1ccc(C(Cl)Cc2cccc(Cl)c2)c(Cl)c1. The van der Waals surface area contributed by atoms with Crippen LogP contribution in [-0.4, -0.2) is 7.11 Å². The van der Waals surface area contributed by atoms with Crippen molar-refractivity contribution in [2.24, 2.45) is 0 Å². The summed E-state index contributed by atoms with van der Waals surface area (Å²) in [4.78, 5) is 0. The van der Waals surface area contributed by atoms with E-state index in [4.69, 9.17) is 39.5 Å². The first-order valence-corrected chi connectivity index (χ1v) is 7.01. The number of rotatable bonds is 4. The Labute approximate surface area is 128 Å². The van der Waals surface area contributed by atoms with Crippen molar-refractivity contribution in [3.05, 3.63) is 63.6 Å². The van der Waals surface area contributed by atoms with Crippen LogP contribution in [0.1, 0.15) is 16.5 Å². The number of hydrogen-bond acceptors (Lipinski definition) is 1. The van der Waals surface area contributed by atoms with Crippen LogP contribution < -0.4 is 4.74 Å². The monoisotopic (exact) mass is 314 g/mol. The normalized spacial score (nSPS) is 12.2. The van der Waals surface area contributed by atoms with Gasteiger partial charge >= 0.3 is 0 Å². The molecule has 0 N–H and O–H groups in total. The number of ether oxygens (including phenoxy) is 1. The van der Waals surface area contributed by atoms with Crippen LogP contribution in [0.25, 0.3) is 0 Å². The molecule has 1 unspecified atom stereocenters. The Morgan fingerprint density at radius 2 is 1.89 bits per heavy atom. The summed E-state index contributed by atoms with van der Waals surface area (Å²) in [5, 5.41) is 1.13. The molecule has 100 valence electrons. The highest BCUT2D eigenvalue weighted by Crippen LogP contribution is 2.33. The van der Waals surface area contributed by atoms with Gasteiger partial charge in [0.25, 0.3) is 0 Å². The third-order valence-corrected chi connectivity index (χ3v) is 3.80. The lowest BCUT2D eigenvalue weighted by atomic mass is 10.0. The molecule has 0 aliphatic rings. The fourth-order valence-corrected chi connectivity index (χ4v) is 2.81. The minimum Gasteiger partial charge on any atom is -0.497 e. The predicted molar refractivity (Wildman–Crippen MR) is 81.8 cm³/mol. The van der Waals surface area contributed by atoms with Gasteiger partial charge in [-0.15, -0.1) is 11.6 Å². The summed E-state index contributed by atoms with van der Waals surface area (Å²) in [7, 11) is 1.61. The first kappa shape index (κ1) is 14.5. The van der Waals surface area contributed by atoms with Gasteiger partial charge in [0.2, 0.25) is 0 Å². The zero-order chi connectivity index (χ0) is 13.8. The van der Waals surface area contributed by atoms with Gasteiger partial charge in [0.05, 0.1) is 12.5 Å². The van der Waals surface area contributed by atoms with Gasteiger partial charge in [0.15, 0.2) is 0 Å². The van der Waals surface area contributed by atoms with Crippen LogP contribution in [0.15, 0.2) is 42.5 Å². The lowest BCUT2D eigenvalue weighted by Gasteiger charge is -2.13. The Hall–Kier alpha value is -0.890. The summed E-state index contributed by atoms with van der Waals surface area (Å²) in [6.45, 7) is 0. The lowest BCUT2D eigenvalue weighted by molar-refractivity contribution is 0.414. The third-order valence-electron chi connectivity index (χ3n) is 2.85. The van der Waals surface area contributed by atoms with Gasteiger partial charge in [-0.3, -0.25) is 0 Å². The minimum absolute atomic E-state index is 0.197. The van der Waals surface area contributed by atoms with Crippen LogP contribution in [0, 0.1) is 0 Å².